The summed E-state index contributed by atoms with van der Waals surface area (Å²) >= 11 is 0. The Balaban J connectivity index is 1.46. The molecule has 0 saturated heterocycles. The number of cyclic esters (lactones) is 1. The molecule has 0 aliphatic carbocycles. The summed E-state index contributed by atoms with van der Waals surface area (Å²) in [7, 11) is 0. The van der Waals surface area contributed by atoms with E-state index < -0.39 is 6.10 Å². The van der Waals surface area contributed by atoms with Gasteiger partial charge in [-0.1, -0.05) is 6.07 Å². The third kappa shape index (κ3) is 4.95. The van der Waals surface area contributed by atoms with Gasteiger partial charge < -0.3 is 9.84 Å². The van der Waals surface area contributed by atoms with E-state index in [0.29, 0.717) is 36.6 Å². The van der Waals surface area contributed by atoms with Gasteiger partial charge in [-0.05, 0) is 56.0 Å². The van der Waals surface area contributed by atoms with E-state index in [0.717, 1.165) is 35.2 Å². The lowest BCUT2D eigenvalue weighted by molar-refractivity contribution is 0.0535. The first-order valence-corrected chi connectivity index (χ1v) is 10.9. The van der Waals surface area contributed by atoms with Crippen LogP contribution in [0.25, 0.3) is 5.82 Å². The zero-order valence-electron chi connectivity index (χ0n) is 19.1. The molecule has 0 bridgehead atoms. The Morgan fingerprint density at radius 3 is 2.88 bits per heavy atom. The topological polar surface area (TPSA) is 104 Å². The summed E-state index contributed by atoms with van der Waals surface area (Å²) in [6, 6.07) is 7.81. The molecule has 1 aliphatic rings. The largest absolute Gasteiger partial charge is 0.457 e. The minimum Gasteiger partial charge on any atom is -0.457 e. The SMILES string of the molecule is Cc1cc(-n2cc(CN(CCc3ccc4c(c3C)COC4=O)CC(C)O)cn2)ncc1C#N. The molecule has 33 heavy (non-hydrogen) atoms. The number of benzene rings is 1. The molecule has 8 heteroatoms. The molecule has 0 fully saturated rings. The van der Waals surface area contributed by atoms with Gasteiger partial charge in [0, 0.05) is 43.2 Å². The molecule has 1 aromatic carbocycles. The molecule has 2 aromatic heterocycles. The lowest BCUT2D eigenvalue weighted by Crippen LogP contribution is -2.32. The molecular weight excluding hydrogens is 418 g/mol. The molecule has 1 aliphatic heterocycles. The Hall–Kier alpha value is -3.54. The number of carbonyl (C=O) groups excluding carboxylic acids is 1. The molecular formula is C25H27N5O3. The highest BCUT2D eigenvalue weighted by atomic mass is 16.5. The van der Waals surface area contributed by atoms with E-state index in [9.17, 15) is 9.90 Å². The lowest BCUT2D eigenvalue weighted by Gasteiger charge is -2.23. The number of ether oxygens (including phenoxy) is 1. The highest BCUT2D eigenvalue weighted by Gasteiger charge is 2.24. The van der Waals surface area contributed by atoms with Crippen molar-refractivity contribution in [2.24, 2.45) is 0 Å². The Morgan fingerprint density at radius 1 is 1.33 bits per heavy atom. The van der Waals surface area contributed by atoms with E-state index >= 15 is 0 Å². The minimum atomic E-state index is -0.463. The van der Waals surface area contributed by atoms with Crippen molar-refractivity contribution in [2.75, 3.05) is 13.1 Å². The normalized spacial score (nSPS) is 13.6. The number of carbonyl (C=O) groups is 1. The van der Waals surface area contributed by atoms with Crippen molar-refractivity contribution in [3.05, 3.63) is 75.7 Å². The average molecular weight is 446 g/mol. The summed E-state index contributed by atoms with van der Waals surface area (Å²) in [6.07, 6.45) is 5.61. The van der Waals surface area contributed by atoms with Gasteiger partial charge in [0.1, 0.15) is 12.7 Å². The van der Waals surface area contributed by atoms with Crippen LogP contribution in [0.15, 0.2) is 36.8 Å². The smallest absolute Gasteiger partial charge is 0.338 e. The third-order valence-corrected chi connectivity index (χ3v) is 5.99. The van der Waals surface area contributed by atoms with Gasteiger partial charge in [0.05, 0.1) is 23.4 Å². The third-order valence-electron chi connectivity index (χ3n) is 5.99. The van der Waals surface area contributed by atoms with Crippen LogP contribution in [0.3, 0.4) is 0 Å². The van der Waals surface area contributed by atoms with Crippen molar-refractivity contribution in [1.82, 2.24) is 19.7 Å². The maximum absolute atomic E-state index is 11.8. The van der Waals surface area contributed by atoms with Gasteiger partial charge in [0.2, 0.25) is 0 Å². The fraction of sp³-hybridized carbons (Fsp3) is 0.360. The molecule has 0 spiro atoms. The van der Waals surface area contributed by atoms with E-state index in [2.05, 4.69) is 21.1 Å². The number of aliphatic hydroxyl groups is 1. The molecule has 0 radical (unpaired) electrons. The molecule has 3 aromatic rings. The van der Waals surface area contributed by atoms with Crippen LogP contribution in [0.5, 0.6) is 0 Å². The van der Waals surface area contributed by atoms with E-state index in [1.165, 1.54) is 5.56 Å². The summed E-state index contributed by atoms with van der Waals surface area (Å²) in [5, 5.41) is 23.6. The van der Waals surface area contributed by atoms with Gasteiger partial charge in [-0.2, -0.15) is 10.4 Å². The van der Waals surface area contributed by atoms with Crippen molar-refractivity contribution < 1.29 is 14.6 Å². The van der Waals surface area contributed by atoms with Crippen molar-refractivity contribution in [1.29, 1.82) is 5.26 Å². The summed E-state index contributed by atoms with van der Waals surface area (Å²) in [5.41, 5.74) is 6.33. The Morgan fingerprint density at radius 2 is 2.15 bits per heavy atom. The van der Waals surface area contributed by atoms with Gasteiger partial charge >= 0.3 is 5.97 Å². The van der Waals surface area contributed by atoms with E-state index in [1.807, 2.05) is 38.2 Å². The van der Waals surface area contributed by atoms with Crippen molar-refractivity contribution >= 4 is 5.97 Å². The van der Waals surface area contributed by atoms with Crippen LogP contribution in [-0.2, 0) is 24.3 Å². The number of nitrogens with zero attached hydrogens (tertiary/aromatic N) is 5. The monoisotopic (exact) mass is 445 g/mol. The molecule has 3 heterocycles. The van der Waals surface area contributed by atoms with Gasteiger partial charge in [-0.15, -0.1) is 0 Å². The molecule has 1 unspecified atom stereocenters. The number of rotatable bonds is 8. The van der Waals surface area contributed by atoms with Crippen LogP contribution in [-0.4, -0.2) is 49.9 Å². The number of aliphatic hydroxyl groups excluding tert-OH is 1. The number of esters is 1. The van der Waals surface area contributed by atoms with E-state index in [1.54, 1.807) is 24.0 Å². The van der Waals surface area contributed by atoms with Gasteiger partial charge in [0.25, 0.3) is 0 Å². The number of fused-ring (bicyclic) bond motifs is 1. The Kier molecular flexibility index (Phi) is 6.54. The molecule has 4 rings (SSSR count). The molecule has 8 nitrogen and oxygen atoms in total. The number of aromatic nitrogens is 3. The van der Waals surface area contributed by atoms with Crippen LogP contribution < -0.4 is 0 Å². The fourth-order valence-electron chi connectivity index (χ4n) is 4.16. The summed E-state index contributed by atoms with van der Waals surface area (Å²) < 4.78 is 6.86. The van der Waals surface area contributed by atoms with Gasteiger partial charge in [-0.3, -0.25) is 4.90 Å². The van der Waals surface area contributed by atoms with Crippen LogP contribution in [0.1, 0.15) is 50.7 Å². The second-order valence-corrected chi connectivity index (χ2v) is 8.55. The molecule has 1 N–H and O–H groups in total. The first kappa shape index (κ1) is 22.6. The van der Waals surface area contributed by atoms with Crippen LogP contribution in [0.4, 0.5) is 0 Å². The van der Waals surface area contributed by atoms with Crippen LogP contribution >= 0.6 is 0 Å². The molecule has 1 atom stereocenters. The number of pyridine rings is 1. The quantitative estimate of drug-likeness (QED) is 0.532. The Bertz CT molecular complexity index is 1230. The van der Waals surface area contributed by atoms with Gasteiger partial charge in [-0.25, -0.2) is 14.5 Å². The van der Waals surface area contributed by atoms with Crippen LogP contribution in [0, 0.1) is 25.2 Å². The first-order chi connectivity index (χ1) is 15.9. The van der Waals surface area contributed by atoms with Crippen molar-refractivity contribution in [2.45, 2.75) is 46.4 Å². The van der Waals surface area contributed by atoms with E-state index in [-0.39, 0.29) is 5.97 Å². The second-order valence-electron chi connectivity index (χ2n) is 8.55. The molecule has 0 saturated carbocycles. The summed E-state index contributed by atoms with van der Waals surface area (Å²) in [4.78, 5) is 18.3. The molecule has 0 amide bonds. The fourth-order valence-corrected chi connectivity index (χ4v) is 4.16. The number of nitriles is 1. The maximum atomic E-state index is 11.8. The predicted molar refractivity (Wildman–Crippen MR) is 122 cm³/mol. The van der Waals surface area contributed by atoms with Crippen LogP contribution in [0.2, 0.25) is 0 Å². The van der Waals surface area contributed by atoms with Crippen molar-refractivity contribution in [3.8, 4) is 11.9 Å². The predicted octanol–water partition coefficient (Wildman–Crippen LogP) is 2.85. The zero-order chi connectivity index (χ0) is 23.5. The standard InChI is InChI=1S/C25H27N5O3/c1-16-8-24(27-11-21(16)9-26)30-14-19(10-28-30)13-29(12-17(2)31)7-6-20-4-5-22-23(18(20)3)15-33-25(22)32/h4-5,8,10-11,14,17,31H,6-7,12-13,15H2,1-3H3. The Labute approximate surface area is 193 Å². The van der Waals surface area contributed by atoms with Crippen molar-refractivity contribution in [3.63, 3.8) is 0 Å². The number of aryl methyl sites for hydroxylation is 1. The summed E-state index contributed by atoms with van der Waals surface area (Å²) in [5.74, 6) is 0.407. The molecule has 170 valence electrons. The van der Waals surface area contributed by atoms with Gasteiger partial charge in [0.15, 0.2) is 5.82 Å². The average Bonchev–Trinajstić information content (AvgIpc) is 3.40. The number of hydrogen-bond donors (Lipinski definition) is 1. The number of hydrogen-bond acceptors (Lipinski definition) is 7. The lowest BCUT2D eigenvalue weighted by atomic mass is 9.96. The first-order valence-electron chi connectivity index (χ1n) is 10.9. The second kappa shape index (κ2) is 9.53. The zero-order valence-corrected chi connectivity index (χ0v) is 19.1. The maximum Gasteiger partial charge on any atom is 0.338 e. The van der Waals surface area contributed by atoms with E-state index in [4.69, 9.17) is 10.00 Å². The summed E-state index contributed by atoms with van der Waals surface area (Å²) in [6.45, 7) is 7.94. The minimum absolute atomic E-state index is 0.251. The highest BCUT2D eigenvalue weighted by molar-refractivity contribution is 5.93. The highest BCUT2D eigenvalue weighted by Crippen LogP contribution is 2.26.